The van der Waals surface area contributed by atoms with E-state index in [0.717, 1.165) is 18.8 Å². The van der Waals surface area contributed by atoms with E-state index < -0.39 is 0 Å². The molecule has 0 rings (SSSR count). The Morgan fingerprint density at radius 2 is 1.35 bits per heavy atom. The molecule has 0 fully saturated rings. The molecule has 2 nitrogen and oxygen atoms in total. The van der Waals surface area contributed by atoms with E-state index in [-0.39, 0.29) is 0 Å². The molecule has 0 aromatic heterocycles. The van der Waals surface area contributed by atoms with Gasteiger partial charge in [0, 0.05) is 13.2 Å². The molecule has 0 aromatic rings. The second kappa shape index (κ2) is 19.7. The Morgan fingerprint density at radius 3 is 1.78 bits per heavy atom. The fourth-order valence-corrected chi connectivity index (χ4v) is 2.63. The molecule has 0 aliphatic carbocycles. The van der Waals surface area contributed by atoms with Gasteiger partial charge in [0.1, 0.15) is 0 Å². The Labute approximate surface area is 146 Å². The molecule has 0 aliphatic heterocycles. The topological polar surface area (TPSA) is 40.5 Å². The van der Waals surface area contributed by atoms with Crippen LogP contribution in [0.3, 0.4) is 0 Å². The number of unbranched alkanes of at least 4 members (excludes halogenated alkanes) is 6. The minimum atomic E-state index is 0.354. The SMILES string of the molecule is C=CCCCCCCCCO.CC(C)CCC(CO)CC(C)C. The highest BCUT2D eigenvalue weighted by Crippen LogP contribution is 2.19. The van der Waals surface area contributed by atoms with Crippen LogP contribution in [-0.2, 0) is 0 Å². The minimum absolute atomic E-state index is 0.354. The lowest BCUT2D eigenvalue weighted by atomic mass is 9.91. The number of allylic oxidation sites excluding steroid dienone is 1. The quantitative estimate of drug-likeness (QED) is 0.304. The fourth-order valence-electron chi connectivity index (χ4n) is 2.63. The maximum absolute atomic E-state index is 9.09. The Balaban J connectivity index is 0. The Kier molecular flexibility index (Phi) is 21.3. The second-order valence-electron chi connectivity index (χ2n) is 7.57. The molecule has 0 bridgehead atoms. The molecule has 0 spiro atoms. The molecular formula is C21H44O2. The molecule has 140 valence electrons. The van der Waals surface area contributed by atoms with Gasteiger partial charge in [0.05, 0.1) is 0 Å². The maximum Gasteiger partial charge on any atom is 0.0459 e. The van der Waals surface area contributed by atoms with Crippen molar-refractivity contribution in [1.82, 2.24) is 0 Å². The first-order valence-corrected chi connectivity index (χ1v) is 9.80. The molecular weight excluding hydrogens is 284 g/mol. The summed E-state index contributed by atoms with van der Waals surface area (Å²) < 4.78 is 0. The van der Waals surface area contributed by atoms with Crippen molar-refractivity contribution >= 4 is 0 Å². The van der Waals surface area contributed by atoms with Crippen LogP contribution in [-0.4, -0.2) is 23.4 Å². The summed E-state index contributed by atoms with van der Waals surface area (Å²) in [4.78, 5) is 0. The second-order valence-corrected chi connectivity index (χ2v) is 7.57. The molecule has 0 heterocycles. The minimum Gasteiger partial charge on any atom is -0.396 e. The standard InChI is InChI=1S/C11H24O.C10H20O/c1-9(2)5-6-11(8-12)7-10(3)4;1-2-3-4-5-6-7-8-9-10-11/h9-12H,5-8H2,1-4H3;2,11H,1,3-10H2. The molecule has 23 heavy (non-hydrogen) atoms. The molecule has 0 aliphatic rings. The van der Waals surface area contributed by atoms with Gasteiger partial charge in [-0.3, -0.25) is 0 Å². The summed E-state index contributed by atoms with van der Waals surface area (Å²) in [7, 11) is 0. The van der Waals surface area contributed by atoms with Crippen LogP contribution in [0, 0.1) is 17.8 Å². The number of aliphatic hydroxyl groups is 2. The average molecular weight is 329 g/mol. The molecule has 1 atom stereocenters. The lowest BCUT2D eigenvalue weighted by Gasteiger charge is -2.17. The third-order valence-corrected chi connectivity index (χ3v) is 4.03. The average Bonchev–Trinajstić information content (AvgIpc) is 2.51. The molecule has 2 heteroatoms. The highest BCUT2D eigenvalue weighted by molar-refractivity contribution is 4.65. The van der Waals surface area contributed by atoms with Crippen LogP contribution in [0.1, 0.15) is 91.9 Å². The lowest BCUT2D eigenvalue weighted by Crippen LogP contribution is -2.10. The predicted molar refractivity (Wildman–Crippen MR) is 104 cm³/mol. The molecule has 0 saturated carbocycles. The monoisotopic (exact) mass is 328 g/mol. The van der Waals surface area contributed by atoms with Gasteiger partial charge in [0.25, 0.3) is 0 Å². The van der Waals surface area contributed by atoms with E-state index in [1.165, 1.54) is 51.4 Å². The van der Waals surface area contributed by atoms with Gasteiger partial charge in [0.2, 0.25) is 0 Å². The molecule has 0 amide bonds. The van der Waals surface area contributed by atoms with Gasteiger partial charge < -0.3 is 10.2 Å². The van der Waals surface area contributed by atoms with Crippen LogP contribution in [0.5, 0.6) is 0 Å². The van der Waals surface area contributed by atoms with Gasteiger partial charge >= 0.3 is 0 Å². The number of hydrogen-bond acceptors (Lipinski definition) is 2. The summed E-state index contributed by atoms with van der Waals surface area (Å²) in [5.41, 5.74) is 0. The zero-order valence-electron chi connectivity index (χ0n) is 16.4. The Morgan fingerprint density at radius 1 is 0.783 bits per heavy atom. The van der Waals surface area contributed by atoms with Crippen molar-refractivity contribution < 1.29 is 10.2 Å². The van der Waals surface area contributed by atoms with Crippen molar-refractivity contribution in [2.24, 2.45) is 17.8 Å². The first kappa shape index (κ1) is 24.9. The largest absolute Gasteiger partial charge is 0.396 e. The lowest BCUT2D eigenvalue weighted by molar-refractivity contribution is 0.191. The summed E-state index contributed by atoms with van der Waals surface area (Å²) in [6.45, 7) is 13.3. The summed E-state index contributed by atoms with van der Waals surface area (Å²) in [6.07, 6.45) is 14.1. The molecule has 0 saturated heterocycles. The van der Waals surface area contributed by atoms with Gasteiger partial charge in [-0.15, -0.1) is 6.58 Å². The molecule has 0 radical (unpaired) electrons. The smallest absolute Gasteiger partial charge is 0.0459 e. The number of aliphatic hydroxyl groups excluding tert-OH is 2. The summed E-state index contributed by atoms with van der Waals surface area (Å²) in [6, 6.07) is 0. The molecule has 1 unspecified atom stereocenters. The maximum atomic E-state index is 9.09. The number of rotatable bonds is 14. The third-order valence-electron chi connectivity index (χ3n) is 4.03. The Bertz CT molecular complexity index is 224. The van der Waals surface area contributed by atoms with Crippen LogP contribution in [0.15, 0.2) is 12.7 Å². The van der Waals surface area contributed by atoms with Crippen LogP contribution in [0.4, 0.5) is 0 Å². The van der Waals surface area contributed by atoms with Crippen LogP contribution >= 0.6 is 0 Å². The Hall–Kier alpha value is -0.340. The van der Waals surface area contributed by atoms with Gasteiger partial charge in [-0.25, -0.2) is 0 Å². The summed E-state index contributed by atoms with van der Waals surface area (Å²) in [5, 5.41) is 17.6. The highest BCUT2D eigenvalue weighted by Gasteiger charge is 2.09. The third kappa shape index (κ3) is 24.0. The summed E-state index contributed by atoms with van der Waals surface area (Å²) in [5.74, 6) is 2.02. The van der Waals surface area contributed by atoms with Crippen LogP contribution in [0.2, 0.25) is 0 Å². The van der Waals surface area contributed by atoms with Crippen LogP contribution in [0.25, 0.3) is 0 Å². The van der Waals surface area contributed by atoms with E-state index in [4.69, 9.17) is 10.2 Å². The van der Waals surface area contributed by atoms with E-state index in [9.17, 15) is 0 Å². The normalized spacial score (nSPS) is 12.2. The van der Waals surface area contributed by atoms with Crippen LogP contribution < -0.4 is 0 Å². The van der Waals surface area contributed by atoms with Gasteiger partial charge in [-0.1, -0.05) is 65.9 Å². The highest BCUT2D eigenvalue weighted by atomic mass is 16.3. The summed E-state index contributed by atoms with van der Waals surface area (Å²) >= 11 is 0. The fraction of sp³-hybridized carbons (Fsp3) is 0.905. The van der Waals surface area contributed by atoms with Crippen molar-refractivity contribution in [3.8, 4) is 0 Å². The first-order chi connectivity index (χ1) is 11.0. The van der Waals surface area contributed by atoms with Gasteiger partial charge in [-0.05, 0) is 49.9 Å². The van der Waals surface area contributed by atoms with Crippen molar-refractivity contribution in [2.75, 3.05) is 13.2 Å². The van der Waals surface area contributed by atoms with E-state index in [1.807, 2.05) is 6.08 Å². The zero-order valence-corrected chi connectivity index (χ0v) is 16.4. The van der Waals surface area contributed by atoms with E-state index >= 15 is 0 Å². The van der Waals surface area contributed by atoms with E-state index in [2.05, 4.69) is 34.3 Å². The van der Waals surface area contributed by atoms with Crippen molar-refractivity contribution in [3.05, 3.63) is 12.7 Å². The predicted octanol–water partition coefficient (Wildman–Crippen LogP) is 5.97. The van der Waals surface area contributed by atoms with Gasteiger partial charge in [-0.2, -0.15) is 0 Å². The number of hydrogen-bond donors (Lipinski definition) is 2. The first-order valence-electron chi connectivity index (χ1n) is 9.80. The van der Waals surface area contributed by atoms with Crippen molar-refractivity contribution in [2.45, 2.75) is 91.9 Å². The van der Waals surface area contributed by atoms with Crippen molar-refractivity contribution in [3.63, 3.8) is 0 Å². The van der Waals surface area contributed by atoms with E-state index in [0.29, 0.717) is 25.0 Å². The molecule has 2 N–H and O–H groups in total. The zero-order chi connectivity index (χ0) is 17.9. The van der Waals surface area contributed by atoms with Crippen molar-refractivity contribution in [1.29, 1.82) is 0 Å². The molecule has 0 aromatic carbocycles. The van der Waals surface area contributed by atoms with E-state index in [1.54, 1.807) is 0 Å². The van der Waals surface area contributed by atoms with Gasteiger partial charge in [0.15, 0.2) is 0 Å².